The molecule has 3 heteroatoms. The van der Waals surface area contributed by atoms with Gasteiger partial charge in [0.25, 0.3) is 0 Å². The van der Waals surface area contributed by atoms with Gasteiger partial charge in [-0.1, -0.05) is 60.7 Å². The van der Waals surface area contributed by atoms with E-state index < -0.39 is 5.60 Å². The molecule has 22 heavy (non-hydrogen) atoms. The fourth-order valence-corrected chi connectivity index (χ4v) is 3.12. The lowest BCUT2D eigenvalue weighted by atomic mass is 9.85. The van der Waals surface area contributed by atoms with E-state index in [-0.39, 0.29) is 12.4 Å². The van der Waals surface area contributed by atoms with E-state index in [1.54, 1.807) is 0 Å². The number of aliphatic hydroxyl groups is 1. The Morgan fingerprint density at radius 1 is 0.818 bits per heavy atom. The van der Waals surface area contributed by atoms with Gasteiger partial charge in [-0.25, -0.2) is 0 Å². The Kier molecular flexibility index (Phi) is 6.01. The van der Waals surface area contributed by atoms with Gasteiger partial charge in [0.1, 0.15) is 0 Å². The SMILES string of the molecule is Cl.OC1(Cc2ccccc2)CCN(Cc2ccccc2)CC1. The largest absolute Gasteiger partial charge is 0.389 e. The fraction of sp³-hybridized carbons (Fsp3) is 0.368. The van der Waals surface area contributed by atoms with E-state index in [4.69, 9.17) is 0 Å². The van der Waals surface area contributed by atoms with Crippen LogP contribution in [-0.4, -0.2) is 28.7 Å². The molecule has 2 nitrogen and oxygen atoms in total. The summed E-state index contributed by atoms with van der Waals surface area (Å²) in [7, 11) is 0. The number of nitrogens with zero attached hydrogens (tertiary/aromatic N) is 1. The highest BCUT2D eigenvalue weighted by Gasteiger charge is 2.32. The second kappa shape index (κ2) is 7.77. The molecule has 1 fully saturated rings. The molecule has 0 radical (unpaired) electrons. The fourth-order valence-electron chi connectivity index (χ4n) is 3.12. The molecule has 1 heterocycles. The lowest BCUT2D eigenvalue weighted by Crippen LogP contribution is -2.45. The van der Waals surface area contributed by atoms with Gasteiger partial charge in [0, 0.05) is 26.1 Å². The zero-order valence-corrected chi connectivity index (χ0v) is 13.6. The van der Waals surface area contributed by atoms with Crippen molar-refractivity contribution >= 4 is 12.4 Å². The van der Waals surface area contributed by atoms with Crippen LogP contribution in [-0.2, 0) is 13.0 Å². The summed E-state index contributed by atoms with van der Waals surface area (Å²) in [4.78, 5) is 2.44. The van der Waals surface area contributed by atoms with Crippen LogP contribution in [0.4, 0.5) is 0 Å². The van der Waals surface area contributed by atoms with Crippen LogP contribution < -0.4 is 0 Å². The quantitative estimate of drug-likeness (QED) is 0.930. The molecule has 2 aromatic rings. The molecular formula is C19H24ClNO. The Hall–Kier alpha value is -1.35. The zero-order valence-electron chi connectivity index (χ0n) is 12.8. The van der Waals surface area contributed by atoms with Gasteiger partial charge in [0.15, 0.2) is 0 Å². The molecule has 0 unspecified atom stereocenters. The van der Waals surface area contributed by atoms with E-state index >= 15 is 0 Å². The molecule has 1 aliphatic rings. The van der Waals surface area contributed by atoms with Crippen LogP contribution in [0.5, 0.6) is 0 Å². The molecule has 118 valence electrons. The second-order valence-corrected chi connectivity index (χ2v) is 6.15. The third-order valence-corrected chi connectivity index (χ3v) is 4.41. The van der Waals surface area contributed by atoms with Crippen molar-refractivity contribution in [1.82, 2.24) is 4.90 Å². The van der Waals surface area contributed by atoms with E-state index in [0.717, 1.165) is 38.9 Å². The van der Waals surface area contributed by atoms with Crippen molar-refractivity contribution in [2.75, 3.05) is 13.1 Å². The van der Waals surface area contributed by atoms with Crippen molar-refractivity contribution in [3.8, 4) is 0 Å². The Balaban J connectivity index is 0.00000176. The van der Waals surface area contributed by atoms with Crippen molar-refractivity contribution < 1.29 is 5.11 Å². The summed E-state index contributed by atoms with van der Waals surface area (Å²) in [5, 5.41) is 10.8. The van der Waals surface area contributed by atoms with Gasteiger partial charge in [-0.2, -0.15) is 0 Å². The molecule has 0 spiro atoms. The maximum atomic E-state index is 10.8. The Morgan fingerprint density at radius 2 is 1.32 bits per heavy atom. The summed E-state index contributed by atoms with van der Waals surface area (Å²) in [6.07, 6.45) is 2.48. The van der Waals surface area contributed by atoms with Gasteiger partial charge in [0.2, 0.25) is 0 Å². The molecular weight excluding hydrogens is 294 g/mol. The zero-order chi connectivity index (χ0) is 14.5. The molecule has 1 aliphatic heterocycles. The molecule has 0 aliphatic carbocycles. The highest BCUT2D eigenvalue weighted by molar-refractivity contribution is 5.85. The van der Waals surface area contributed by atoms with Gasteiger partial charge >= 0.3 is 0 Å². The first-order valence-corrected chi connectivity index (χ1v) is 7.76. The van der Waals surface area contributed by atoms with Crippen molar-refractivity contribution in [2.24, 2.45) is 0 Å². The number of piperidine rings is 1. The highest BCUT2D eigenvalue weighted by atomic mass is 35.5. The van der Waals surface area contributed by atoms with Crippen LogP contribution in [0.1, 0.15) is 24.0 Å². The Morgan fingerprint density at radius 3 is 1.86 bits per heavy atom. The standard InChI is InChI=1S/C19H23NO.ClH/c21-19(15-17-7-3-1-4-8-17)11-13-20(14-12-19)16-18-9-5-2-6-10-18;/h1-10,21H,11-16H2;1H. The molecule has 1 N–H and O–H groups in total. The van der Waals surface area contributed by atoms with E-state index in [9.17, 15) is 5.11 Å². The van der Waals surface area contributed by atoms with Crippen LogP contribution in [0.3, 0.4) is 0 Å². The first-order chi connectivity index (χ1) is 10.2. The smallest absolute Gasteiger partial charge is 0.0712 e. The molecule has 0 bridgehead atoms. The topological polar surface area (TPSA) is 23.5 Å². The first kappa shape index (κ1) is 17.0. The number of benzene rings is 2. The summed E-state index contributed by atoms with van der Waals surface area (Å²) >= 11 is 0. The molecule has 0 aromatic heterocycles. The van der Waals surface area contributed by atoms with Crippen molar-refractivity contribution in [3.63, 3.8) is 0 Å². The van der Waals surface area contributed by atoms with E-state index in [0.29, 0.717) is 0 Å². The third-order valence-electron chi connectivity index (χ3n) is 4.41. The summed E-state index contributed by atoms with van der Waals surface area (Å²) < 4.78 is 0. The molecule has 0 atom stereocenters. The van der Waals surface area contributed by atoms with E-state index in [1.807, 2.05) is 18.2 Å². The number of hydrogen-bond acceptors (Lipinski definition) is 2. The summed E-state index contributed by atoms with van der Waals surface area (Å²) in [6, 6.07) is 20.9. The third kappa shape index (κ3) is 4.57. The summed E-state index contributed by atoms with van der Waals surface area (Å²) in [5.74, 6) is 0. The van der Waals surface area contributed by atoms with Crippen LogP contribution >= 0.6 is 12.4 Å². The second-order valence-electron chi connectivity index (χ2n) is 6.15. The average Bonchev–Trinajstić information content (AvgIpc) is 2.52. The van der Waals surface area contributed by atoms with Crippen molar-refractivity contribution in [2.45, 2.75) is 31.4 Å². The van der Waals surface area contributed by atoms with Gasteiger partial charge < -0.3 is 5.11 Å². The Labute approximate surface area is 139 Å². The molecule has 0 saturated carbocycles. The normalized spacial score (nSPS) is 17.7. The predicted octanol–water partition coefficient (Wildman–Crippen LogP) is 3.68. The lowest BCUT2D eigenvalue weighted by molar-refractivity contribution is -0.0224. The van der Waals surface area contributed by atoms with Gasteiger partial charge in [-0.05, 0) is 24.0 Å². The predicted molar refractivity (Wildman–Crippen MR) is 93.3 cm³/mol. The maximum absolute atomic E-state index is 10.8. The highest BCUT2D eigenvalue weighted by Crippen LogP contribution is 2.27. The lowest BCUT2D eigenvalue weighted by Gasteiger charge is -2.38. The number of likely N-dealkylation sites (tertiary alicyclic amines) is 1. The minimum atomic E-state index is -0.533. The first-order valence-electron chi connectivity index (χ1n) is 7.76. The van der Waals surface area contributed by atoms with E-state index in [1.165, 1.54) is 11.1 Å². The number of halogens is 1. The van der Waals surface area contributed by atoms with Crippen LogP contribution in [0.15, 0.2) is 60.7 Å². The van der Waals surface area contributed by atoms with Crippen LogP contribution in [0, 0.1) is 0 Å². The minimum absolute atomic E-state index is 0. The number of rotatable bonds is 4. The minimum Gasteiger partial charge on any atom is -0.389 e. The van der Waals surface area contributed by atoms with Gasteiger partial charge in [-0.3, -0.25) is 4.90 Å². The van der Waals surface area contributed by atoms with Crippen LogP contribution in [0.25, 0.3) is 0 Å². The van der Waals surface area contributed by atoms with Gasteiger partial charge in [0.05, 0.1) is 5.60 Å². The molecule has 2 aromatic carbocycles. The monoisotopic (exact) mass is 317 g/mol. The Bertz CT molecular complexity index is 550. The van der Waals surface area contributed by atoms with Crippen molar-refractivity contribution in [3.05, 3.63) is 71.8 Å². The summed E-state index contributed by atoms with van der Waals surface area (Å²) in [6.45, 7) is 2.93. The van der Waals surface area contributed by atoms with Crippen molar-refractivity contribution in [1.29, 1.82) is 0 Å². The average molecular weight is 318 g/mol. The summed E-state index contributed by atoms with van der Waals surface area (Å²) in [5.41, 5.74) is 2.05. The van der Waals surface area contributed by atoms with E-state index in [2.05, 4.69) is 47.4 Å². The molecule has 1 saturated heterocycles. The molecule has 3 rings (SSSR count). The number of hydrogen-bond donors (Lipinski definition) is 1. The van der Waals surface area contributed by atoms with Gasteiger partial charge in [-0.15, -0.1) is 12.4 Å². The maximum Gasteiger partial charge on any atom is 0.0712 e. The van der Waals surface area contributed by atoms with Crippen LogP contribution in [0.2, 0.25) is 0 Å². The molecule has 0 amide bonds.